The lowest BCUT2D eigenvalue weighted by molar-refractivity contribution is 0.0629. The van der Waals surface area contributed by atoms with Gasteiger partial charge in [0.15, 0.2) is 5.76 Å². The fourth-order valence-corrected chi connectivity index (χ4v) is 3.38. The summed E-state index contributed by atoms with van der Waals surface area (Å²) >= 11 is 0. The molecule has 3 rings (SSSR count). The lowest BCUT2D eigenvalue weighted by Crippen LogP contribution is -2.39. The Hall–Kier alpha value is -2.14. The quantitative estimate of drug-likeness (QED) is 0.793. The molecule has 1 fully saturated rings. The Morgan fingerprint density at radius 3 is 2.84 bits per heavy atom. The number of piperidine rings is 1. The molecule has 1 saturated heterocycles. The number of hydrogen-bond donors (Lipinski definition) is 0. The van der Waals surface area contributed by atoms with Crippen LogP contribution in [0, 0.1) is 11.7 Å². The first-order valence-corrected chi connectivity index (χ1v) is 8.77. The summed E-state index contributed by atoms with van der Waals surface area (Å²) in [4.78, 5) is 14.5. The maximum Gasteiger partial charge on any atom is 0.289 e. The molecule has 25 heavy (non-hydrogen) atoms. The van der Waals surface area contributed by atoms with Crippen LogP contribution in [0.2, 0.25) is 0 Å². The van der Waals surface area contributed by atoms with Crippen LogP contribution in [0.4, 0.5) is 4.39 Å². The molecule has 0 bridgehead atoms. The van der Waals surface area contributed by atoms with Crippen LogP contribution in [0.5, 0.6) is 0 Å². The second-order valence-electron chi connectivity index (χ2n) is 6.62. The fourth-order valence-electron chi connectivity index (χ4n) is 3.38. The number of carbonyl (C=O) groups excluding carboxylic acids is 1. The third-order valence-corrected chi connectivity index (χ3v) is 4.72. The van der Waals surface area contributed by atoms with Gasteiger partial charge in [0.25, 0.3) is 5.91 Å². The minimum absolute atomic E-state index is 0.0474. The summed E-state index contributed by atoms with van der Waals surface area (Å²) in [5.41, 5.74) is 1.14. The van der Waals surface area contributed by atoms with E-state index in [0.717, 1.165) is 44.3 Å². The third-order valence-electron chi connectivity index (χ3n) is 4.72. The molecule has 1 aliphatic heterocycles. The molecule has 2 heterocycles. The van der Waals surface area contributed by atoms with Crippen LogP contribution in [0.15, 0.2) is 40.8 Å². The van der Waals surface area contributed by atoms with E-state index >= 15 is 0 Å². The average molecular weight is 345 g/mol. The van der Waals surface area contributed by atoms with Crippen molar-refractivity contribution in [3.8, 4) is 0 Å². The van der Waals surface area contributed by atoms with Gasteiger partial charge in [-0.05, 0) is 61.4 Å². The Bertz CT molecular complexity index is 695. The van der Waals surface area contributed by atoms with Crippen molar-refractivity contribution in [2.24, 2.45) is 5.92 Å². The smallest absolute Gasteiger partial charge is 0.289 e. The minimum Gasteiger partial charge on any atom is -0.453 e. The van der Waals surface area contributed by atoms with Gasteiger partial charge in [0.05, 0.1) is 0 Å². The highest BCUT2D eigenvalue weighted by atomic mass is 19.1. The van der Waals surface area contributed by atoms with Gasteiger partial charge in [-0.15, -0.1) is 0 Å². The Morgan fingerprint density at radius 2 is 2.08 bits per heavy atom. The average Bonchev–Trinajstić information content (AvgIpc) is 3.10. The molecule has 1 aromatic heterocycles. The maximum absolute atomic E-state index is 13.0. The number of furan rings is 1. The second kappa shape index (κ2) is 8.30. The van der Waals surface area contributed by atoms with Crippen LogP contribution < -0.4 is 0 Å². The van der Waals surface area contributed by atoms with Crippen molar-refractivity contribution in [3.63, 3.8) is 0 Å². The van der Waals surface area contributed by atoms with Crippen molar-refractivity contribution in [1.29, 1.82) is 0 Å². The zero-order valence-electron chi connectivity index (χ0n) is 14.5. The SMILES string of the molecule is COCc1ccc(C(=O)N2CCC[C@H](CCc3ccc(F)cc3)C2)o1. The fraction of sp³-hybridized carbons (Fsp3) is 0.450. The molecule has 1 atom stereocenters. The van der Waals surface area contributed by atoms with Gasteiger partial charge >= 0.3 is 0 Å². The van der Waals surface area contributed by atoms with Crippen LogP contribution in [0.3, 0.4) is 0 Å². The number of likely N-dealkylation sites (tertiary alicyclic amines) is 1. The Morgan fingerprint density at radius 1 is 1.28 bits per heavy atom. The number of halogens is 1. The molecule has 1 aromatic carbocycles. The van der Waals surface area contributed by atoms with Gasteiger partial charge in [-0.25, -0.2) is 4.39 Å². The van der Waals surface area contributed by atoms with Gasteiger partial charge in [-0.2, -0.15) is 0 Å². The molecule has 5 heteroatoms. The van der Waals surface area contributed by atoms with Crippen LogP contribution in [0.1, 0.15) is 41.1 Å². The van der Waals surface area contributed by atoms with Crippen LogP contribution in [-0.4, -0.2) is 31.0 Å². The van der Waals surface area contributed by atoms with Gasteiger partial charge in [-0.3, -0.25) is 4.79 Å². The highest BCUT2D eigenvalue weighted by Gasteiger charge is 2.26. The summed E-state index contributed by atoms with van der Waals surface area (Å²) in [5.74, 6) is 1.26. The van der Waals surface area contributed by atoms with Crippen LogP contribution in [0.25, 0.3) is 0 Å². The van der Waals surface area contributed by atoms with Crippen molar-refractivity contribution in [2.45, 2.75) is 32.3 Å². The van der Waals surface area contributed by atoms with Crippen LogP contribution in [-0.2, 0) is 17.8 Å². The summed E-state index contributed by atoms with van der Waals surface area (Å²) in [6.45, 7) is 1.89. The first kappa shape index (κ1) is 17.7. The molecule has 1 amide bonds. The predicted molar refractivity (Wildman–Crippen MR) is 92.8 cm³/mol. The molecule has 0 radical (unpaired) electrons. The van der Waals surface area contributed by atoms with E-state index in [-0.39, 0.29) is 11.7 Å². The van der Waals surface area contributed by atoms with Gasteiger partial charge in [0.2, 0.25) is 0 Å². The first-order chi connectivity index (χ1) is 12.2. The number of rotatable bonds is 6. The summed E-state index contributed by atoms with van der Waals surface area (Å²) in [7, 11) is 1.60. The summed E-state index contributed by atoms with van der Waals surface area (Å²) < 4.78 is 23.6. The Labute approximate surface area is 147 Å². The molecule has 0 aliphatic carbocycles. The standard InChI is InChI=1S/C20H24FNO3/c1-24-14-18-10-11-19(25-18)20(23)22-12-2-3-16(13-22)5-4-15-6-8-17(21)9-7-15/h6-11,16H,2-5,12-14H2,1H3/t16-/m1/s1. The number of amides is 1. The number of ether oxygens (including phenoxy) is 1. The second-order valence-corrected chi connectivity index (χ2v) is 6.62. The molecular weight excluding hydrogens is 321 g/mol. The number of hydrogen-bond acceptors (Lipinski definition) is 3. The lowest BCUT2D eigenvalue weighted by Gasteiger charge is -2.32. The summed E-state index contributed by atoms with van der Waals surface area (Å²) in [6, 6.07) is 10.2. The van der Waals surface area contributed by atoms with E-state index in [0.29, 0.717) is 24.0 Å². The summed E-state index contributed by atoms with van der Waals surface area (Å²) in [5, 5.41) is 0. The summed E-state index contributed by atoms with van der Waals surface area (Å²) in [6.07, 6.45) is 4.04. The molecule has 1 aliphatic rings. The number of benzene rings is 1. The first-order valence-electron chi connectivity index (χ1n) is 8.77. The normalized spacial score (nSPS) is 17.7. The van der Waals surface area contributed by atoms with Crippen molar-refractivity contribution < 1.29 is 18.3 Å². The van der Waals surface area contributed by atoms with E-state index < -0.39 is 0 Å². The van der Waals surface area contributed by atoms with E-state index in [2.05, 4.69) is 0 Å². The van der Waals surface area contributed by atoms with Gasteiger partial charge in [0.1, 0.15) is 18.2 Å². The number of aryl methyl sites for hydroxylation is 1. The van der Waals surface area contributed by atoms with Gasteiger partial charge < -0.3 is 14.1 Å². The largest absolute Gasteiger partial charge is 0.453 e. The van der Waals surface area contributed by atoms with E-state index in [9.17, 15) is 9.18 Å². The van der Waals surface area contributed by atoms with Crippen molar-refractivity contribution in [3.05, 3.63) is 59.3 Å². The minimum atomic E-state index is -0.204. The monoisotopic (exact) mass is 345 g/mol. The third kappa shape index (κ3) is 4.69. The highest BCUT2D eigenvalue weighted by Crippen LogP contribution is 2.23. The van der Waals surface area contributed by atoms with Gasteiger partial charge in [0, 0.05) is 20.2 Å². The van der Waals surface area contributed by atoms with E-state index in [1.807, 2.05) is 17.0 Å². The van der Waals surface area contributed by atoms with Crippen molar-refractivity contribution in [2.75, 3.05) is 20.2 Å². The topological polar surface area (TPSA) is 42.7 Å². The van der Waals surface area contributed by atoms with E-state index in [1.165, 1.54) is 12.1 Å². The molecule has 0 unspecified atom stereocenters. The van der Waals surface area contributed by atoms with Crippen LogP contribution >= 0.6 is 0 Å². The van der Waals surface area contributed by atoms with Gasteiger partial charge in [-0.1, -0.05) is 12.1 Å². The maximum atomic E-state index is 13.0. The number of carbonyl (C=O) groups is 1. The number of methoxy groups -OCH3 is 1. The highest BCUT2D eigenvalue weighted by molar-refractivity contribution is 5.91. The van der Waals surface area contributed by atoms with Crippen molar-refractivity contribution in [1.82, 2.24) is 4.90 Å². The molecule has 4 nitrogen and oxygen atoms in total. The number of nitrogens with zero attached hydrogens (tertiary/aromatic N) is 1. The molecule has 0 N–H and O–H groups in total. The van der Waals surface area contributed by atoms with Crippen molar-refractivity contribution >= 4 is 5.91 Å². The molecule has 2 aromatic rings. The molecule has 0 saturated carbocycles. The molecule has 0 spiro atoms. The van der Waals surface area contributed by atoms with E-state index in [4.69, 9.17) is 9.15 Å². The Balaban J connectivity index is 1.54. The molecule has 134 valence electrons. The predicted octanol–water partition coefficient (Wildman–Crippen LogP) is 4.05. The van der Waals surface area contributed by atoms with E-state index in [1.54, 1.807) is 19.2 Å². The zero-order valence-corrected chi connectivity index (χ0v) is 14.5. The molecular formula is C20H24FNO3. The Kier molecular flexibility index (Phi) is 5.87. The lowest BCUT2D eigenvalue weighted by atomic mass is 9.91. The zero-order chi connectivity index (χ0) is 17.6.